The number of anilines is 2. The van der Waals surface area contributed by atoms with Gasteiger partial charge in [0, 0.05) is 36.9 Å². The minimum atomic E-state index is -3.71. The predicted molar refractivity (Wildman–Crippen MR) is 154 cm³/mol. The highest BCUT2D eigenvalue weighted by molar-refractivity contribution is 7.88. The lowest BCUT2D eigenvalue weighted by molar-refractivity contribution is -0.139. The van der Waals surface area contributed by atoms with Crippen molar-refractivity contribution in [2.45, 2.75) is 45.3 Å². The van der Waals surface area contributed by atoms with Crippen LogP contribution in [0.25, 0.3) is 0 Å². The van der Waals surface area contributed by atoms with Crippen molar-refractivity contribution in [2.75, 3.05) is 23.4 Å². The molecule has 0 aliphatic carbocycles. The highest BCUT2D eigenvalue weighted by Crippen LogP contribution is 2.37. The molecule has 0 bridgehead atoms. The van der Waals surface area contributed by atoms with Crippen LogP contribution in [0.4, 0.5) is 16.2 Å². The van der Waals surface area contributed by atoms with Crippen LogP contribution in [0, 0.1) is 12.8 Å². The molecule has 0 saturated carbocycles. The highest BCUT2D eigenvalue weighted by Gasteiger charge is 2.36. The zero-order valence-electron chi connectivity index (χ0n) is 23.1. The summed E-state index contributed by atoms with van der Waals surface area (Å²) in [5, 5.41) is 15.0. The van der Waals surface area contributed by atoms with Gasteiger partial charge in [0.2, 0.25) is 15.9 Å². The molecule has 3 heterocycles. The Morgan fingerprint density at radius 2 is 1.88 bits per heavy atom. The molecule has 218 valence electrons. The normalized spacial score (nSPS) is 17.7. The standard InChI is InChI=1S/C28H34N6O6S/c1-18-6-4-5-7-23(18)31-28(38)30-22-9-8-21(29-15-22)14-25(35)34-13-10-19(2)26(34)20-11-12-33(16-20)17-24(27(36)37)32-41(3,39)40/h4-9,11-12,15-16,19,24,26,32H,10,13-14,17H2,1-3H3,(H,36,37)(H2,30,31,38). The quantitative estimate of drug-likeness (QED) is 0.286. The molecular formula is C28H34N6O6S. The summed E-state index contributed by atoms with van der Waals surface area (Å²) in [5.41, 5.74) is 3.54. The van der Waals surface area contributed by atoms with Crippen molar-refractivity contribution in [1.82, 2.24) is 19.2 Å². The summed E-state index contributed by atoms with van der Waals surface area (Å²) in [4.78, 5) is 43.4. The molecule has 41 heavy (non-hydrogen) atoms. The number of sulfonamides is 1. The number of hydrogen-bond donors (Lipinski definition) is 4. The van der Waals surface area contributed by atoms with Crippen LogP contribution in [0.2, 0.25) is 0 Å². The largest absolute Gasteiger partial charge is 0.480 e. The van der Waals surface area contributed by atoms with Crippen molar-refractivity contribution in [2.24, 2.45) is 5.92 Å². The van der Waals surface area contributed by atoms with Gasteiger partial charge in [-0.2, -0.15) is 4.72 Å². The van der Waals surface area contributed by atoms with Crippen LogP contribution in [0.1, 0.15) is 36.2 Å². The second-order valence-electron chi connectivity index (χ2n) is 10.3. The third kappa shape index (κ3) is 7.92. The second-order valence-corrected chi connectivity index (χ2v) is 12.1. The Hall–Kier alpha value is -4.23. The second kappa shape index (κ2) is 12.5. The number of aromatic nitrogens is 2. The van der Waals surface area contributed by atoms with Gasteiger partial charge in [-0.1, -0.05) is 25.1 Å². The lowest BCUT2D eigenvalue weighted by Crippen LogP contribution is -2.42. The van der Waals surface area contributed by atoms with Crippen molar-refractivity contribution in [1.29, 1.82) is 0 Å². The first-order valence-electron chi connectivity index (χ1n) is 13.1. The molecule has 3 atom stereocenters. The number of carbonyl (C=O) groups is 3. The molecule has 1 fully saturated rings. The Morgan fingerprint density at radius 1 is 1.12 bits per heavy atom. The van der Waals surface area contributed by atoms with Gasteiger partial charge in [-0.3, -0.25) is 14.6 Å². The van der Waals surface area contributed by atoms with Crippen molar-refractivity contribution in [3.05, 3.63) is 77.9 Å². The zero-order chi connectivity index (χ0) is 29.7. The number of hydrogen-bond acceptors (Lipinski definition) is 6. The van der Waals surface area contributed by atoms with Gasteiger partial charge in [0.05, 0.1) is 30.6 Å². The number of pyridine rings is 1. The molecule has 4 N–H and O–H groups in total. The van der Waals surface area contributed by atoms with E-state index in [-0.39, 0.29) is 30.8 Å². The number of benzene rings is 1. The fourth-order valence-electron chi connectivity index (χ4n) is 4.98. The number of rotatable bonds is 10. The summed E-state index contributed by atoms with van der Waals surface area (Å²) >= 11 is 0. The molecule has 0 spiro atoms. The van der Waals surface area contributed by atoms with Crippen LogP contribution in [0.3, 0.4) is 0 Å². The van der Waals surface area contributed by atoms with Crippen molar-refractivity contribution < 1.29 is 27.9 Å². The number of amides is 3. The number of aryl methyl sites for hydroxylation is 1. The maximum atomic E-state index is 13.3. The van der Waals surface area contributed by atoms with Gasteiger partial charge in [0.25, 0.3) is 0 Å². The minimum Gasteiger partial charge on any atom is -0.480 e. The summed E-state index contributed by atoms with van der Waals surface area (Å²) < 4.78 is 26.8. The van der Waals surface area contributed by atoms with Gasteiger partial charge >= 0.3 is 12.0 Å². The van der Waals surface area contributed by atoms with E-state index < -0.39 is 28.1 Å². The molecule has 13 heteroatoms. The van der Waals surface area contributed by atoms with Crippen LogP contribution in [0.5, 0.6) is 0 Å². The number of nitrogens with one attached hydrogen (secondary N) is 3. The van der Waals surface area contributed by atoms with Crippen LogP contribution in [-0.2, 0) is 32.6 Å². The summed E-state index contributed by atoms with van der Waals surface area (Å²) in [6, 6.07) is 10.7. The van der Waals surface area contributed by atoms with E-state index in [9.17, 15) is 27.9 Å². The van der Waals surface area contributed by atoms with Crippen molar-refractivity contribution in [3.63, 3.8) is 0 Å². The Kier molecular flexibility index (Phi) is 9.08. The monoisotopic (exact) mass is 582 g/mol. The third-order valence-corrected chi connectivity index (χ3v) is 7.70. The Bertz CT molecular complexity index is 1520. The van der Waals surface area contributed by atoms with E-state index >= 15 is 0 Å². The third-order valence-electron chi connectivity index (χ3n) is 6.99. The lowest BCUT2D eigenvalue weighted by atomic mass is 9.97. The number of aliphatic carboxylic acids is 1. The van der Waals surface area contributed by atoms with Crippen LogP contribution >= 0.6 is 0 Å². The average Bonchev–Trinajstić information content (AvgIpc) is 3.51. The Labute approximate surface area is 238 Å². The van der Waals surface area contributed by atoms with E-state index in [0.29, 0.717) is 23.6 Å². The summed E-state index contributed by atoms with van der Waals surface area (Å²) in [6.07, 6.45) is 6.75. The predicted octanol–water partition coefficient (Wildman–Crippen LogP) is 2.99. The Balaban J connectivity index is 1.37. The minimum absolute atomic E-state index is 0.0823. The van der Waals surface area contributed by atoms with Gasteiger partial charge < -0.3 is 25.2 Å². The fraction of sp³-hybridized carbons (Fsp3) is 0.357. The van der Waals surface area contributed by atoms with E-state index in [4.69, 9.17) is 0 Å². The first kappa shape index (κ1) is 29.7. The molecule has 3 amide bonds. The smallest absolute Gasteiger partial charge is 0.323 e. The topological polar surface area (TPSA) is 163 Å². The lowest BCUT2D eigenvalue weighted by Gasteiger charge is -2.26. The molecule has 1 aliphatic heterocycles. The zero-order valence-corrected chi connectivity index (χ0v) is 23.9. The maximum absolute atomic E-state index is 13.3. The van der Waals surface area contributed by atoms with Crippen molar-refractivity contribution in [3.8, 4) is 0 Å². The number of carboxylic acid groups (broad SMARTS) is 1. The molecule has 0 radical (unpaired) electrons. The number of carboxylic acids is 1. The van der Waals surface area contributed by atoms with Gasteiger partial charge in [0.1, 0.15) is 6.04 Å². The number of nitrogens with zero attached hydrogens (tertiary/aromatic N) is 3. The molecule has 12 nitrogen and oxygen atoms in total. The van der Waals surface area contributed by atoms with Gasteiger partial charge in [-0.25, -0.2) is 13.2 Å². The van der Waals surface area contributed by atoms with Gasteiger partial charge in [0.15, 0.2) is 0 Å². The summed E-state index contributed by atoms with van der Waals surface area (Å²) in [5.74, 6) is -1.21. The summed E-state index contributed by atoms with van der Waals surface area (Å²) in [7, 11) is -3.71. The first-order valence-corrected chi connectivity index (χ1v) is 15.0. The van der Waals surface area contributed by atoms with E-state index in [1.807, 2.05) is 37.3 Å². The number of para-hydroxylation sites is 1. The molecule has 3 aromatic rings. The average molecular weight is 583 g/mol. The summed E-state index contributed by atoms with van der Waals surface area (Å²) in [6.45, 7) is 4.44. The molecule has 1 aliphatic rings. The van der Waals surface area contributed by atoms with Gasteiger partial charge in [-0.05, 0) is 54.7 Å². The van der Waals surface area contributed by atoms with Crippen LogP contribution in [0.15, 0.2) is 61.1 Å². The van der Waals surface area contributed by atoms with Crippen LogP contribution < -0.4 is 15.4 Å². The fourth-order valence-corrected chi connectivity index (χ4v) is 5.67. The van der Waals surface area contributed by atoms with E-state index in [1.54, 1.807) is 34.0 Å². The highest BCUT2D eigenvalue weighted by atomic mass is 32.2. The molecule has 3 unspecified atom stereocenters. The Morgan fingerprint density at radius 3 is 2.54 bits per heavy atom. The van der Waals surface area contributed by atoms with E-state index in [2.05, 4.69) is 27.3 Å². The number of urea groups is 1. The first-order chi connectivity index (χ1) is 19.4. The van der Waals surface area contributed by atoms with E-state index in [0.717, 1.165) is 23.8 Å². The molecule has 2 aromatic heterocycles. The van der Waals surface area contributed by atoms with Gasteiger partial charge in [-0.15, -0.1) is 0 Å². The number of carbonyl (C=O) groups excluding carboxylic acids is 2. The molecule has 1 aromatic carbocycles. The molecular weight excluding hydrogens is 548 g/mol. The van der Waals surface area contributed by atoms with E-state index in [1.165, 1.54) is 6.20 Å². The van der Waals surface area contributed by atoms with Crippen molar-refractivity contribution >= 4 is 39.3 Å². The SMILES string of the molecule is Cc1ccccc1NC(=O)Nc1ccc(CC(=O)N2CCC(C)C2c2ccn(CC(NS(C)(=O)=O)C(=O)O)c2)nc1. The number of likely N-dealkylation sites (tertiary alicyclic amines) is 1. The maximum Gasteiger partial charge on any atom is 0.323 e. The molecule has 4 rings (SSSR count). The molecule has 1 saturated heterocycles. The van der Waals surface area contributed by atoms with Crippen LogP contribution in [-0.4, -0.2) is 64.7 Å².